The first kappa shape index (κ1) is 9.53. The number of piperazine rings is 1. The quantitative estimate of drug-likeness (QED) is 0.666. The summed E-state index contributed by atoms with van der Waals surface area (Å²) in [5.74, 6) is 0. The smallest absolute Gasteiger partial charge is 0.0367 e. The molecule has 0 aromatic heterocycles. The van der Waals surface area contributed by atoms with Crippen LogP contribution in [0.5, 0.6) is 0 Å². The molecule has 76 valence electrons. The summed E-state index contributed by atoms with van der Waals surface area (Å²) >= 11 is 0. The summed E-state index contributed by atoms with van der Waals surface area (Å²) in [5.41, 5.74) is 1.35. The minimum absolute atomic E-state index is 0.656. The van der Waals surface area contributed by atoms with Crippen molar-refractivity contribution in [1.82, 2.24) is 4.90 Å². The molecule has 1 aromatic rings. The predicted octanol–water partition coefficient (Wildman–Crippen LogP) is 1.83. The van der Waals surface area contributed by atoms with Gasteiger partial charge in [-0.05, 0) is 26.1 Å². The van der Waals surface area contributed by atoms with Crippen molar-refractivity contribution in [3.05, 3.63) is 30.3 Å². The average molecular weight is 190 g/mol. The Kier molecular flexibility index (Phi) is 2.73. The molecule has 0 bridgehead atoms. The summed E-state index contributed by atoms with van der Waals surface area (Å²) in [7, 11) is 2.20. The first-order valence-corrected chi connectivity index (χ1v) is 5.27. The molecule has 1 saturated heterocycles. The van der Waals surface area contributed by atoms with Gasteiger partial charge in [0, 0.05) is 31.4 Å². The topological polar surface area (TPSA) is 6.48 Å². The third-order valence-corrected chi connectivity index (χ3v) is 3.08. The second-order valence-corrected chi connectivity index (χ2v) is 4.11. The van der Waals surface area contributed by atoms with E-state index in [1.165, 1.54) is 5.69 Å². The molecule has 1 fully saturated rings. The van der Waals surface area contributed by atoms with Crippen LogP contribution in [-0.4, -0.2) is 37.6 Å². The standard InChI is InChI=1S/C12H18N2/c1-11-10-14(9-8-13(11)2)12-6-4-3-5-7-12/h3-7,11H,8-10H2,1-2H3/t11-/m0/s1. The van der Waals surface area contributed by atoms with Crippen LogP contribution >= 0.6 is 0 Å². The van der Waals surface area contributed by atoms with Gasteiger partial charge >= 0.3 is 0 Å². The van der Waals surface area contributed by atoms with E-state index in [9.17, 15) is 0 Å². The molecule has 0 unspecified atom stereocenters. The summed E-state index contributed by atoms with van der Waals surface area (Å²) in [6.07, 6.45) is 0. The lowest BCUT2D eigenvalue weighted by atomic mass is 10.2. The van der Waals surface area contributed by atoms with E-state index in [0.717, 1.165) is 19.6 Å². The minimum atomic E-state index is 0.656. The largest absolute Gasteiger partial charge is 0.369 e. The molecule has 14 heavy (non-hydrogen) atoms. The number of likely N-dealkylation sites (N-methyl/N-ethyl adjacent to an activating group) is 1. The molecule has 1 aliphatic heterocycles. The molecule has 2 heteroatoms. The zero-order valence-corrected chi connectivity index (χ0v) is 8.98. The fraction of sp³-hybridized carbons (Fsp3) is 0.500. The SMILES string of the molecule is C[C@H]1CN(c2ccccc2)CCN1C. The average Bonchev–Trinajstić information content (AvgIpc) is 2.23. The zero-order valence-electron chi connectivity index (χ0n) is 8.98. The Balaban J connectivity index is 2.07. The van der Waals surface area contributed by atoms with Crippen molar-refractivity contribution in [1.29, 1.82) is 0 Å². The maximum atomic E-state index is 2.46. The Morgan fingerprint density at radius 3 is 2.50 bits per heavy atom. The molecule has 2 rings (SSSR count). The summed E-state index contributed by atoms with van der Waals surface area (Å²) in [4.78, 5) is 4.88. The van der Waals surface area contributed by atoms with Gasteiger partial charge in [0.2, 0.25) is 0 Å². The number of para-hydroxylation sites is 1. The minimum Gasteiger partial charge on any atom is -0.369 e. The summed E-state index contributed by atoms with van der Waals surface area (Å²) in [6, 6.07) is 11.3. The molecule has 0 spiro atoms. The fourth-order valence-corrected chi connectivity index (χ4v) is 1.92. The summed E-state index contributed by atoms with van der Waals surface area (Å²) in [5, 5.41) is 0. The lowest BCUT2D eigenvalue weighted by Crippen LogP contribution is -2.50. The van der Waals surface area contributed by atoms with Gasteiger partial charge in [-0.15, -0.1) is 0 Å². The van der Waals surface area contributed by atoms with Crippen LogP contribution in [0.4, 0.5) is 5.69 Å². The van der Waals surface area contributed by atoms with E-state index in [1.54, 1.807) is 0 Å². The summed E-state index contributed by atoms with van der Waals surface area (Å²) < 4.78 is 0. The Bertz CT molecular complexity index is 284. The van der Waals surface area contributed by atoms with E-state index in [0.29, 0.717) is 6.04 Å². The maximum Gasteiger partial charge on any atom is 0.0367 e. The second kappa shape index (κ2) is 4.01. The van der Waals surface area contributed by atoms with Crippen LogP contribution in [0.15, 0.2) is 30.3 Å². The highest BCUT2D eigenvalue weighted by Gasteiger charge is 2.20. The first-order valence-electron chi connectivity index (χ1n) is 5.27. The number of benzene rings is 1. The number of hydrogen-bond donors (Lipinski definition) is 0. The van der Waals surface area contributed by atoms with Crippen LogP contribution in [0.1, 0.15) is 6.92 Å². The third-order valence-electron chi connectivity index (χ3n) is 3.08. The van der Waals surface area contributed by atoms with Gasteiger partial charge in [-0.25, -0.2) is 0 Å². The van der Waals surface area contributed by atoms with Crippen molar-refractivity contribution in [2.45, 2.75) is 13.0 Å². The van der Waals surface area contributed by atoms with Crippen molar-refractivity contribution < 1.29 is 0 Å². The van der Waals surface area contributed by atoms with E-state index < -0.39 is 0 Å². The highest BCUT2D eigenvalue weighted by molar-refractivity contribution is 5.46. The predicted molar refractivity (Wildman–Crippen MR) is 60.7 cm³/mol. The van der Waals surface area contributed by atoms with Crippen LogP contribution in [0, 0.1) is 0 Å². The van der Waals surface area contributed by atoms with Gasteiger partial charge < -0.3 is 9.80 Å². The van der Waals surface area contributed by atoms with E-state index in [4.69, 9.17) is 0 Å². The van der Waals surface area contributed by atoms with Crippen LogP contribution in [0.25, 0.3) is 0 Å². The molecular formula is C12H18N2. The van der Waals surface area contributed by atoms with Crippen LogP contribution in [0.3, 0.4) is 0 Å². The fourth-order valence-electron chi connectivity index (χ4n) is 1.92. The molecule has 2 nitrogen and oxygen atoms in total. The number of hydrogen-bond acceptors (Lipinski definition) is 2. The Hall–Kier alpha value is -1.02. The molecule has 1 atom stereocenters. The third kappa shape index (κ3) is 1.90. The van der Waals surface area contributed by atoms with Gasteiger partial charge in [-0.1, -0.05) is 18.2 Å². The Labute approximate surface area is 86.1 Å². The zero-order chi connectivity index (χ0) is 9.97. The molecule has 1 heterocycles. The molecule has 0 N–H and O–H groups in total. The van der Waals surface area contributed by atoms with E-state index >= 15 is 0 Å². The van der Waals surface area contributed by atoms with E-state index in [2.05, 4.69) is 54.1 Å². The highest BCUT2D eigenvalue weighted by Crippen LogP contribution is 2.17. The summed E-state index contributed by atoms with van der Waals surface area (Å²) in [6.45, 7) is 5.73. The van der Waals surface area contributed by atoms with Crippen molar-refractivity contribution in [2.75, 3.05) is 31.6 Å². The van der Waals surface area contributed by atoms with E-state index in [-0.39, 0.29) is 0 Å². The lowest BCUT2D eigenvalue weighted by Gasteiger charge is -2.39. The molecular weight excluding hydrogens is 172 g/mol. The van der Waals surface area contributed by atoms with E-state index in [1.807, 2.05) is 0 Å². The van der Waals surface area contributed by atoms with Gasteiger partial charge in [0.1, 0.15) is 0 Å². The maximum absolute atomic E-state index is 2.46. The highest BCUT2D eigenvalue weighted by atomic mass is 15.3. The van der Waals surface area contributed by atoms with Gasteiger partial charge in [0.15, 0.2) is 0 Å². The van der Waals surface area contributed by atoms with Gasteiger partial charge in [-0.2, -0.15) is 0 Å². The van der Waals surface area contributed by atoms with Crippen molar-refractivity contribution >= 4 is 5.69 Å². The van der Waals surface area contributed by atoms with Gasteiger partial charge in [-0.3, -0.25) is 0 Å². The molecule has 0 aliphatic carbocycles. The Morgan fingerprint density at radius 2 is 1.86 bits per heavy atom. The molecule has 1 aliphatic rings. The van der Waals surface area contributed by atoms with Gasteiger partial charge in [0.25, 0.3) is 0 Å². The number of anilines is 1. The molecule has 0 amide bonds. The van der Waals surface area contributed by atoms with Gasteiger partial charge in [0.05, 0.1) is 0 Å². The number of rotatable bonds is 1. The first-order chi connectivity index (χ1) is 6.77. The van der Waals surface area contributed by atoms with Crippen molar-refractivity contribution in [3.63, 3.8) is 0 Å². The van der Waals surface area contributed by atoms with Crippen molar-refractivity contribution in [3.8, 4) is 0 Å². The molecule has 0 saturated carbocycles. The van der Waals surface area contributed by atoms with Crippen LogP contribution < -0.4 is 4.90 Å². The number of nitrogens with zero attached hydrogens (tertiary/aromatic N) is 2. The normalized spacial score (nSPS) is 23.9. The lowest BCUT2D eigenvalue weighted by molar-refractivity contribution is 0.234. The van der Waals surface area contributed by atoms with Crippen molar-refractivity contribution in [2.24, 2.45) is 0 Å². The molecule has 0 radical (unpaired) electrons. The second-order valence-electron chi connectivity index (χ2n) is 4.11. The van der Waals surface area contributed by atoms with Crippen LogP contribution in [0.2, 0.25) is 0 Å². The Morgan fingerprint density at radius 1 is 1.14 bits per heavy atom. The van der Waals surface area contributed by atoms with Crippen LogP contribution in [-0.2, 0) is 0 Å². The molecule has 1 aromatic carbocycles. The monoisotopic (exact) mass is 190 g/mol.